The number of ether oxygens (including phenoxy) is 1. The zero-order chi connectivity index (χ0) is 13.2. The van der Waals surface area contributed by atoms with E-state index >= 15 is 0 Å². The van der Waals surface area contributed by atoms with Crippen LogP contribution in [0.4, 0.5) is 0 Å². The maximum absolute atomic E-state index is 5.89. The first-order chi connectivity index (χ1) is 9.25. The van der Waals surface area contributed by atoms with E-state index in [-0.39, 0.29) is 0 Å². The van der Waals surface area contributed by atoms with Gasteiger partial charge in [-0.1, -0.05) is 24.3 Å². The Morgan fingerprint density at radius 3 is 2.74 bits per heavy atom. The van der Waals surface area contributed by atoms with Gasteiger partial charge in [0.1, 0.15) is 5.75 Å². The molecule has 3 heteroatoms. The van der Waals surface area contributed by atoms with E-state index in [2.05, 4.69) is 42.2 Å². The van der Waals surface area contributed by atoms with Crippen molar-refractivity contribution < 1.29 is 4.74 Å². The number of hydrogen-bond acceptors (Lipinski definition) is 3. The molecule has 2 heterocycles. The molecule has 3 nitrogen and oxygen atoms in total. The molecule has 1 aliphatic rings. The molecule has 0 N–H and O–H groups in total. The van der Waals surface area contributed by atoms with Crippen LogP contribution in [0.25, 0.3) is 0 Å². The van der Waals surface area contributed by atoms with Gasteiger partial charge in [-0.15, -0.1) is 0 Å². The molecule has 98 valence electrons. The minimum Gasteiger partial charge on any atom is -0.438 e. The molecule has 0 bridgehead atoms. The molecule has 0 amide bonds. The SMILES string of the molecule is CN(C)CC[C@H]1c2ccccc2Oc2ncccc21. The third-order valence-electron chi connectivity index (χ3n) is 3.54. The van der Waals surface area contributed by atoms with Crippen LogP contribution >= 0.6 is 0 Å². The summed E-state index contributed by atoms with van der Waals surface area (Å²) in [7, 11) is 4.21. The third kappa shape index (κ3) is 2.34. The van der Waals surface area contributed by atoms with Gasteiger partial charge in [0.25, 0.3) is 0 Å². The van der Waals surface area contributed by atoms with E-state index in [4.69, 9.17) is 4.74 Å². The highest BCUT2D eigenvalue weighted by Gasteiger charge is 2.27. The summed E-state index contributed by atoms with van der Waals surface area (Å²) in [5.41, 5.74) is 2.47. The highest BCUT2D eigenvalue weighted by Crippen LogP contribution is 2.44. The quantitative estimate of drug-likeness (QED) is 0.840. The highest BCUT2D eigenvalue weighted by atomic mass is 16.5. The van der Waals surface area contributed by atoms with Gasteiger partial charge in [-0.3, -0.25) is 0 Å². The van der Waals surface area contributed by atoms with Gasteiger partial charge >= 0.3 is 0 Å². The summed E-state index contributed by atoms with van der Waals surface area (Å²) in [4.78, 5) is 6.58. The molecule has 1 aromatic carbocycles. The zero-order valence-corrected chi connectivity index (χ0v) is 11.3. The normalized spacial score (nSPS) is 16.7. The molecule has 3 rings (SSSR count). The van der Waals surface area contributed by atoms with Gasteiger partial charge in [0, 0.05) is 23.2 Å². The van der Waals surface area contributed by atoms with E-state index in [0.29, 0.717) is 5.92 Å². The number of aromatic nitrogens is 1. The second kappa shape index (κ2) is 5.02. The first-order valence-corrected chi connectivity index (χ1v) is 6.62. The summed E-state index contributed by atoms with van der Waals surface area (Å²) in [6.45, 7) is 1.05. The number of fused-ring (bicyclic) bond motifs is 2. The van der Waals surface area contributed by atoms with E-state index in [1.807, 2.05) is 18.2 Å². The molecule has 1 atom stereocenters. The third-order valence-corrected chi connectivity index (χ3v) is 3.54. The molecule has 2 aromatic rings. The Balaban J connectivity index is 2.01. The molecule has 0 unspecified atom stereocenters. The molecular formula is C16H18N2O. The molecule has 19 heavy (non-hydrogen) atoms. The van der Waals surface area contributed by atoms with E-state index < -0.39 is 0 Å². The van der Waals surface area contributed by atoms with Crippen LogP contribution in [0.15, 0.2) is 42.6 Å². The van der Waals surface area contributed by atoms with Gasteiger partial charge in [-0.2, -0.15) is 0 Å². The van der Waals surface area contributed by atoms with Crippen LogP contribution in [0.1, 0.15) is 23.5 Å². The molecule has 0 radical (unpaired) electrons. The van der Waals surface area contributed by atoms with E-state index in [0.717, 1.165) is 24.6 Å². The lowest BCUT2D eigenvalue weighted by Gasteiger charge is -2.28. The lowest BCUT2D eigenvalue weighted by molar-refractivity contribution is 0.372. The molecule has 0 aliphatic carbocycles. The Morgan fingerprint density at radius 1 is 1.11 bits per heavy atom. The largest absolute Gasteiger partial charge is 0.438 e. The maximum atomic E-state index is 5.89. The van der Waals surface area contributed by atoms with Crippen LogP contribution in [-0.4, -0.2) is 30.5 Å². The second-order valence-corrected chi connectivity index (χ2v) is 5.18. The predicted octanol–water partition coefficient (Wildman–Crippen LogP) is 3.27. The summed E-state index contributed by atoms with van der Waals surface area (Å²) in [6.07, 6.45) is 2.86. The fourth-order valence-electron chi connectivity index (χ4n) is 2.59. The van der Waals surface area contributed by atoms with Crippen LogP contribution in [0.2, 0.25) is 0 Å². The summed E-state index contributed by atoms with van der Waals surface area (Å²) < 4.78 is 5.89. The van der Waals surface area contributed by atoms with Crippen LogP contribution < -0.4 is 4.74 Å². The highest BCUT2D eigenvalue weighted by molar-refractivity contribution is 5.50. The van der Waals surface area contributed by atoms with Gasteiger partial charge in [0.05, 0.1) is 0 Å². The molecule has 0 spiro atoms. The summed E-state index contributed by atoms with van der Waals surface area (Å²) in [6, 6.07) is 12.4. The van der Waals surface area contributed by atoms with Gasteiger partial charge in [0.2, 0.25) is 5.88 Å². The average Bonchev–Trinajstić information content (AvgIpc) is 2.43. The average molecular weight is 254 g/mol. The van der Waals surface area contributed by atoms with Crippen molar-refractivity contribution >= 4 is 0 Å². The second-order valence-electron chi connectivity index (χ2n) is 5.18. The fourth-order valence-corrected chi connectivity index (χ4v) is 2.59. The number of para-hydroxylation sites is 1. The zero-order valence-electron chi connectivity index (χ0n) is 11.3. The van der Waals surface area contributed by atoms with Gasteiger partial charge in [0.15, 0.2) is 0 Å². The van der Waals surface area contributed by atoms with Crippen LogP contribution in [0.5, 0.6) is 11.6 Å². The molecule has 1 aliphatic heterocycles. The minimum atomic E-state index is 0.371. The van der Waals surface area contributed by atoms with Crippen molar-refractivity contribution in [3.05, 3.63) is 53.7 Å². The Bertz CT molecular complexity index is 535. The van der Waals surface area contributed by atoms with Crippen molar-refractivity contribution in [1.82, 2.24) is 9.88 Å². The summed E-state index contributed by atoms with van der Waals surface area (Å²) in [5, 5.41) is 0. The van der Waals surface area contributed by atoms with Crippen molar-refractivity contribution in [2.75, 3.05) is 20.6 Å². The fraction of sp³-hybridized carbons (Fsp3) is 0.312. The lowest BCUT2D eigenvalue weighted by Crippen LogP contribution is -2.19. The molecule has 0 saturated heterocycles. The van der Waals surface area contributed by atoms with Crippen molar-refractivity contribution in [3.63, 3.8) is 0 Å². The van der Waals surface area contributed by atoms with Gasteiger partial charge in [-0.05, 0) is 39.2 Å². The van der Waals surface area contributed by atoms with E-state index in [1.54, 1.807) is 6.20 Å². The van der Waals surface area contributed by atoms with Crippen molar-refractivity contribution in [1.29, 1.82) is 0 Å². The summed E-state index contributed by atoms with van der Waals surface area (Å²) in [5.74, 6) is 2.07. The Morgan fingerprint density at radius 2 is 1.89 bits per heavy atom. The molecule has 1 aromatic heterocycles. The predicted molar refractivity (Wildman–Crippen MR) is 75.8 cm³/mol. The van der Waals surface area contributed by atoms with Crippen molar-refractivity contribution in [2.45, 2.75) is 12.3 Å². The maximum Gasteiger partial charge on any atom is 0.223 e. The number of hydrogen-bond donors (Lipinski definition) is 0. The molecule has 0 saturated carbocycles. The smallest absolute Gasteiger partial charge is 0.223 e. The first kappa shape index (κ1) is 12.2. The van der Waals surface area contributed by atoms with Crippen LogP contribution in [0, 0.1) is 0 Å². The Labute approximate surface area is 113 Å². The molecular weight excluding hydrogens is 236 g/mol. The van der Waals surface area contributed by atoms with Crippen LogP contribution in [-0.2, 0) is 0 Å². The lowest BCUT2D eigenvalue weighted by atomic mass is 9.87. The monoisotopic (exact) mass is 254 g/mol. The van der Waals surface area contributed by atoms with Crippen molar-refractivity contribution in [3.8, 4) is 11.6 Å². The van der Waals surface area contributed by atoms with E-state index in [1.165, 1.54) is 11.1 Å². The number of pyridine rings is 1. The number of nitrogens with zero attached hydrogens (tertiary/aromatic N) is 2. The molecule has 0 fully saturated rings. The summed E-state index contributed by atoms with van der Waals surface area (Å²) >= 11 is 0. The Kier molecular flexibility index (Phi) is 3.22. The Hall–Kier alpha value is -1.87. The standard InChI is InChI=1S/C16H18N2O/c1-18(2)11-9-12-13-6-3-4-8-15(13)19-16-14(12)7-5-10-17-16/h3-8,10,12H,9,11H2,1-2H3/t12-/m0/s1. The van der Waals surface area contributed by atoms with E-state index in [9.17, 15) is 0 Å². The number of rotatable bonds is 3. The van der Waals surface area contributed by atoms with Gasteiger partial charge in [-0.25, -0.2) is 4.98 Å². The minimum absolute atomic E-state index is 0.371. The topological polar surface area (TPSA) is 25.4 Å². The van der Waals surface area contributed by atoms with Gasteiger partial charge < -0.3 is 9.64 Å². The van der Waals surface area contributed by atoms with Crippen molar-refractivity contribution in [2.24, 2.45) is 0 Å². The number of benzene rings is 1. The first-order valence-electron chi connectivity index (χ1n) is 6.62. The van der Waals surface area contributed by atoms with Crippen LogP contribution in [0.3, 0.4) is 0 Å².